The van der Waals surface area contributed by atoms with E-state index in [1.165, 1.54) is 11.1 Å². The summed E-state index contributed by atoms with van der Waals surface area (Å²) >= 11 is 0. The van der Waals surface area contributed by atoms with Crippen LogP contribution in [0.1, 0.15) is 29.9 Å². The smallest absolute Gasteiger partial charge is 0.346 e. The van der Waals surface area contributed by atoms with Crippen LogP contribution in [0.3, 0.4) is 0 Å². The number of benzene rings is 4. The standard InChI is InChI=1S/C33H30N7O/c34-25-17-29-30(18-26(25)35)37-32(31(36-29)22-4-2-1-3-5-22)23-8-6-20(7-9-23)19-40-14-12-21(13-15-40)24-10-11-27-28(16-24)39-33(41)38-27/h1-11,16-18,21H,12-15,19,34-35H2,(H,38,41). The number of urea groups is 1. The molecule has 2 amide bonds. The first-order valence-electron chi connectivity index (χ1n) is 13.9. The molecule has 0 spiro atoms. The molecule has 1 radical (unpaired) electrons. The van der Waals surface area contributed by atoms with Gasteiger partial charge in [-0.1, -0.05) is 60.7 Å². The summed E-state index contributed by atoms with van der Waals surface area (Å²) < 4.78 is 0. The molecule has 5 aromatic rings. The fraction of sp³-hybridized carbons (Fsp3) is 0.182. The molecule has 3 heterocycles. The van der Waals surface area contributed by atoms with Crippen molar-refractivity contribution in [2.24, 2.45) is 0 Å². The molecule has 1 saturated heterocycles. The lowest BCUT2D eigenvalue weighted by atomic mass is 9.89. The minimum atomic E-state index is -0.281. The van der Waals surface area contributed by atoms with Gasteiger partial charge in [0.2, 0.25) is 0 Å². The molecular formula is C33H30N7O. The predicted molar refractivity (Wildman–Crippen MR) is 164 cm³/mol. The van der Waals surface area contributed by atoms with Crippen LogP contribution in [-0.2, 0) is 6.54 Å². The molecule has 7 rings (SSSR count). The number of rotatable bonds is 5. The maximum atomic E-state index is 11.6. The van der Waals surface area contributed by atoms with Crippen LogP contribution in [0, 0.1) is 0 Å². The van der Waals surface area contributed by atoms with Crippen LogP contribution in [-0.4, -0.2) is 34.0 Å². The number of hydrogen-bond acceptors (Lipinski definition) is 6. The SMILES string of the molecule is Nc1cc2nc(-c3ccccc3)c(-c3ccc(CN4CCC(c5ccc6c(c5)[N]C(=O)N6)CC4)cc3)nc2cc1N. The highest BCUT2D eigenvalue weighted by molar-refractivity contribution is 6.02. The van der Waals surface area contributed by atoms with Crippen LogP contribution in [0.5, 0.6) is 0 Å². The van der Waals surface area contributed by atoms with E-state index in [0.29, 0.717) is 17.3 Å². The second-order valence-corrected chi connectivity index (χ2v) is 10.8. The molecular weight excluding hydrogens is 510 g/mol. The van der Waals surface area contributed by atoms with Crippen molar-refractivity contribution >= 4 is 39.8 Å². The Hall–Kier alpha value is -4.95. The zero-order valence-corrected chi connectivity index (χ0v) is 22.5. The quantitative estimate of drug-likeness (QED) is 0.225. The molecule has 0 saturated carbocycles. The van der Waals surface area contributed by atoms with Crippen LogP contribution in [0.2, 0.25) is 0 Å². The third-order valence-corrected chi connectivity index (χ3v) is 8.09. The lowest BCUT2D eigenvalue weighted by Crippen LogP contribution is -2.32. The van der Waals surface area contributed by atoms with E-state index in [-0.39, 0.29) is 6.03 Å². The lowest BCUT2D eigenvalue weighted by Gasteiger charge is -2.32. The van der Waals surface area contributed by atoms with E-state index in [1.807, 2.05) is 36.4 Å². The van der Waals surface area contributed by atoms with E-state index in [9.17, 15) is 4.79 Å². The van der Waals surface area contributed by atoms with Crippen LogP contribution in [0.4, 0.5) is 27.5 Å². The van der Waals surface area contributed by atoms with E-state index in [0.717, 1.165) is 77.4 Å². The van der Waals surface area contributed by atoms with Gasteiger partial charge in [0, 0.05) is 17.7 Å². The number of piperidine rings is 1. The van der Waals surface area contributed by atoms with Crippen molar-refractivity contribution in [1.29, 1.82) is 0 Å². The van der Waals surface area contributed by atoms with Crippen molar-refractivity contribution in [1.82, 2.24) is 20.2 Å². The maximum absolute atomic E-state index is 11.6. The molecule has 1 aromatic heterocycles. The number of nitrogen functional groups attached to an aromatic ring is 2. The maximum Gasteiger partial charge on any atom is 0.346 e. The Morgan fingerprint density at radius 3 is 2.07 bits per heavy atom. The number of amides is 2. The summed E-state index contributed by atoms with van der Waals surface area (Å²) in [5.41, 5.74) is 22.3. The number of carbonyl (C=O) groups is 1. The van der Waals surface area contributed by atoms with Crippen molar-refractivity contribution in [3.8, 4) is 22.5 Å². The van der Waals surface area contributed by atoms with Gasteiger partial charge in [-0.05, 0) is 67.2 Å². The summed E-state index contributed by atoms with van der Waals surface area (Å²) in [4.78, 5) is 24.0. The minimum Gasteiger partial charge on any atom is -0.397 e. The molecule has 0 atom stereocenters. The van der Waals surface area contributed by atoms with Crippen molar-refractivity contribution in [3.05, 3.63) is 96.1 Å². The predicted octanol–water partition coefficient (Wildman–Crippen LogP) is 6.29. The van der Waals surface area contributed by atoms with Gasteiger partial charge >= 0.3 is 6.03 Å². The third-order valence-electron chi connectivity index (χ3n) is 8.09. The summed E-state index contributed by atoms with van der Waals surface area (Å²) in [5, 5.41) is 6.84. The normalized spacial score (nSPS) is 15.5. The Bertz CT molecular complexity index is 1760. The monoisotopic (exact) mass is 540 g/mol. The number of nitrogens with one attached hydrogen (secondary N) is 1. The number of fused-ring (bicyclic) bond motifs is 2. The Morgan fingerprint density at radius 2 is 1.41 bits per heavy atom. The van der Waals surface area contributed by atoms with Crippen molar-refractivity contribution in [2.75, 3.05) is 29.9 Å². The first kappa shape index (κ1) is 25.0. The summed E-state index contributed by atoms with van der Waals surface area (Å²) in [6, 6.07) is 28.2. The highest BCUT2D eigenvalue weighted by atomic mass is 16.2. The Kier molecular flexibility index (Phi) is 6.24. The van der Waals surface area contributed by atoms with Crippen molar-refractivity contribution < 1.29 is 4.79 Å². The Labute approximate surface area is 238 Å². The first-order chi connectivity index (χ1) is 20.0. The molecule has 5 N–H and O–H groups in total. The summed E-state index contributed by atoms with van der Waals surface area (Å²) in [7, 11) is 0. The number of likely N-dealkylation sites (tertiary alicyclic amines) is 1. The van der Waals surface area contributed by atoms with Crippen LogP contribution >= 0.6 is 0 Å². The summed E-state index contributed by atoms with van der Waals surface area (Å²) in [6.45, 7) is 2.95. The second kappa shape index (κ2) is 10.2. The highest BCUT2D eigenvalue weighted by Gasteiger charge is 2.24. The molecule has 8 heteroatoms. The van der Waals surface area contributed by atoms with Crippen molar-refractivity contribution in [2.45, 2.75) is 25.3 Å². The lowest BCUT2D eigenvalue weighted by molar-refractivity contribution is 0.204. The number of carbonyl (C=O) groups excluding carboxylic acids is 1. The van der Waals surface area contributed by atoms with Gasteiger partial charge < -0.3 is 16.8 Å². The largest absolute Gasteiger partial charge is 0.397 e. The molecule has 0 bridgehead atoms. The molecule has 1 fully saturated rings. The Morgan fingerprint density at radius 1 is 0.780 bits per heavy atom. The van der Waals surface area contributed by atoms with Crippen LogP contribution in [0.15, 0.2) is 84.9 Å². The minimum absolute atomic E-state index is 0.281. The average molecular weight is 541 g/mol. The number of hydrogen-bond donors (Lipinski definition) is 3. The van der Waals surface area contributed by atoms with E-state index in [4.69, 9.17) is 21.4 Å². The number of aromatic nitrogens is 2. The molecule has 2 aliphatic heterocycles. The van der Waals surface area contributed by atoms with E-state index < -0.39 is 0 Å². The van der Waals surface area contributed by atoms with Gasteiger partial charge in [-0.15, -0.1) is 0 Å². The van der Waals surface area contributed by atoms with Crippen LogP contribution in [0.25, 0.3) is 33.5 Å². The molecule has 4 aromatic carbocycles. The number of nitrogens with zero attached hydrogens (tertiary/aromatic N) is 4. The molecule has 0 unspecified atom stereocenters. The van der Waals surface area contributed by atoms with Gasteiger partial charge in [0.25, 0.3) is 0 Å². The molecule has 2 aliphatic rings. The molecule has 41 heavy (non-hydrogen) atoms. The number of nitrogens with two attached hydrogens (primary N) is 2. The van der Waals surface area contributed by atoms with Gasteiger partial charge in [0.1, 0.15) is 0 Å². The number of anilines is 3. The van der Waals surface area contributed by atoms with Gasteiger partial charge in [-0.2, -0.15) is 5.32 Å². The highest BCUT2D eigenvalue weighted by Crippen LogP contribution is 2.36. The molecule has 8 nitrogen and oxygen atoms in total. The fourth-order valence-electron chi connectivity index (χ4n) is 5.84. The Balaban J connectivity index is 1.08. The van der Waals surface area contributed by atoms with Gasteiger partial charge in [-0.25, -0.2) is 14.8 Å². The van der Waals surface area contributed by atoms with E-state index >= 15 is 0 Å². The van der Waals surface area contributed by atoms with Gasteiger partial charge in [0.05, 0.1) is 45.2 Å². The van der Waals surface area contributed by atoms with Crippen molar-refractivity contribution in [3.63, 3.8) is 0 Å². The summed E-state index contributed by atoms with van der Waals surface area (Å²) in [5.74, 6) is 0.483. The third kappa shape index (κ3) is 4.94. The topological polar surface area (TPSA) is 124 Å². The summed E-state index contributed by atoms with van der Waals surface area (Å²) in [6.07, 6.45) is 2.16. The first-order valence-corrected chi connectivity index (χ1v) is 13.9. The zero-order chi connectivity index (χ0) is 27.9. The van der Waals surface area contributed by atoms with Gasteiger partial charge in [0.15, 0.2) is 0 Å². The van der Waals surface area contributed by atoms with E-state index in [1.54, 1.807) is 12.1 Å². The molecule has 0 aliphatic carbocycles. The van der Waals surface area contributed by atoms with Crippen LogP contribution < -0.4 is 22.1 Å². The fourth-order valence-corrected chi connectivity index (χ4v) is 5.84. The average Bonchev–Trinajstić information content (AvgIpc) is 3.38. The van der Waals surface area contributed by atoms with E-state index in [2.05, 4.69) is 51.9 Å². The second-order valence-electron chi connectivity index (χ2n) is 10.8. The zero-order valence-electron chi connectivity index (χ0n) is 22.5. The van der Waals surface area contributed by atoms with Gasteiger partial charge in [-0.3, -0.25) is 4.90 Å². The molecule has 203 valence electrons.